The van der Waals surface area contributed by atoms with Crippen molar-refractivity contribution < 1.29 is 9.21 Å². The minimum atomic E-state index is -0.485. The quantitative estimate of drug-likeness (QED) is 0.254. The summed E-state index contributed by atoms with van der Waals surface area (Å²) in [7, 11) is 0. The van der Waals surface area contributed by atoms with Crippen LogP contribution in [0.15, 0.2) is 106 Å². The molecular weight excluding hydrogens is 462 g/mol. The van der Waals surface area contributed by atoms with Gasteiger partial charge in [0.25, 0.3) is 11.5 Å². The van der Waals surface area contributed by atoms with E-state index in [1.165, 1.54) is 5.56 Å². The van der Waals surface area contributed by atoms with Gasteiger partial charge in [0.1, 0.15) is 11.6 Å². The van der Waals surface area contributed by atoms with Crippen LogP contribution in [0.25, 0.3) is 16.6 Å². The Labute approximate surface area is 215 Å². The monoisotopic (exact) mass is 491 g/mol. The highest BCUT2D eigenvalue weighted by atomic mass is 16.3. The number of fused-ring (bicyclic) bond motifs is 1. The van der Waals surface area contributed by atoms with E-state index >= 15 is 0 Å². The molecule has 37 heavy (non-hydrogen) atoms. The van der Waals surface area contributed by atoms with Crippen molar-refractivity contribution in [3.63, 3.8) is 0 Å². The predicted molar refractivity (Wildman–Crippen MR) is 145 cm³/mol. The van der Waals surface area contributed by atoms with Crippen molar-refractivity contribution in [2.24, 2.45) is 0 Å². The summed E-state index contributed by atoms with van der Waals surface area (Å²) >= 11 is 0. The first kappa shape index (κ1) is 24.3. The number of nitrogens with zero attached hydrogens (tertiary/aromatic N) is 3. The van der Waals surface area contributed by atoms with E-state index < -0.39 is 6.04 Å². The molecule has 0 aliphatic carbocycles. The zero-order chi connectivity index (χ0) is 25.8. The lowest BCUT2D eigenvalue weighted by atomic mass is 10.1. The van der Waals surface area contributed by atoms with Gasteiger partial charge in [-0.3, -0.25) is 14.2 Å². The molecule has 0 fully saturated rings. The predicted octanol–water partition coefficient (Wildman–Crippen LogP) is 6.33. The molecule has 5 aromatic rings. The molecule has 2 aromatic heterocycles. The van der Waals surface area contributed by atoms with E-state index in [1.54, 1.807) is 40.0 Å². The van der Waals surface area contributed by atoms with E-state index in [0.29, 0.717) is 34.5 Å². The first-order valence-electron chi connectivity index (χ1n) is 12.6. The van der Waals surface area contributed by atoms with Crippen LogP contribution in [0.4, 0.5) is 0 Å². The fourth-order valence-corrected chi connectivity index (χ4v) is 4.69. The minimum Gasteiger partial charge on any atom is -0.467 e. The lowest BCUT2D eigenvalue weighted by molar-refractivity contribution is 0.0624. The largest absolute Gasteiger partial charge is 0.467 e. The van der Waals surface area contributed by atoms with E-state index in [1.807, 2.05) is 73.7 Å². The van der Waals surface area contributed by atoms with Crippen molar-refractivity contribution >= 4 is 16.8 Å². The number of benzene rings is 3. The maximum absolute atomic E-state index is 13.9. The number of rotatable bonds is 8. The van der Waals surface area contributed by atoms with E-state index in [0.717, 1.165) is 12.1 Å². The van der Waals surface area contributed by atoms with Gasteiger partial charge in [-0.15, -0.1) is 0 Å². The first-order chi connectivity index (χ1) is 18.1. The highest BCUT2D eigenvalue weighted by Crippen LogP contribution is 2.29. The van der Waals surface area contributed by atoms with Gasteiger partial charge < -0.3 is 9.32 Å². The topological polar surface area (TPSA) is 68.3 Å². The highest BCUT2D eigenvalue weighted by molar-refractivity contribution is 5.94. The molecule has 1 amide bonds. The smallest absolute Gasteiger partial charge is 0.266 e. The van der Waals surface area contributed by atoms with Crippen molar-refractivity contribution in [3.05, 3.63) is 130 Å². The summed E-state index contributed by atoms with van der Waals surface area (Å²) in [5.41, 5.74) is 2.91. The van der Waals surface area contributed by atoms with Gasteiger partial charge in [-0.2, -0.15) is 0 Å². The van der Waals surface area contributed by atoms with Gasteiger partial charge in [0.05, 0.1) is 35.4 Å². The number of carbonyl (C=O) groups excluding carboxylic acids is 1. The summed E-state index contributed by atoms with van der Waals surface area (Å²) in [6.07, 6.45) is 3.05. The second-order valence-corrected chi connectivity index (χ2v) is 8.95. The van der Waals surface area contributed by atoms with Crippen molar-refractivity contribution in [1.82, 2.24) is 14.5 Å². The SMILES string of the molecule is CCc1ccc(-n2c(C(CC)N(Cc3ccco3)C(=O)c3ccccc3)nc3ccccc3c2=O)cc1. The molecule has 0 radical (unpaired) electrons. The molecule has 0 N–H and O–H groups in total. The van der Waals surface area contributed by atoms with E-state index in [-0.39, 0.29) is 18.0 Å². The van der Waals surface area contributed by atoms with Crippen LogP contribution in [0.3, 0.4) is 0 Å². The molecule has 0 saturated carbocycles. The van der Waals surface area contributed by atoms with Crippen LogP contribution in [0, 0.1) is 0 Å². The Bertz CT molecular complexity index is 1560. The lowest BCUT2D eigenvalue weighted by Gasteiger charge is -2.32. The average molecular weight is 492 g/mol. The number of hydrogen-bond donors (Lipinski definition) is 0. The number of hydrogen-bond acceptors (Lipinski definition) is 4. The second kappa shape index (κ2) is 10.7. The average Bonchev–Trinajstić information content (AvgIpc) is 3.47. The van der Waals surface area contributed by atoms with Crippen LogP contribution in [-0.2, 0) is 13.0 Å². The van der Waals surface area contributed by atoms with Crippen molar-refractivity contribution in [3.8, 4) is 5.69 Å². The number of furan rings is 1. The van der Waals surface area contributed by atoms with Crippen LogP contribution in [0.2, 0.25) is 0 Å². The summed E-state index contributed by atoms with van der Waals surface area (Å²) in [6.45, 7) is 4.35. The summed E-state index contributed by atoms with van der Waals surface area (Å²) < 4.78 is 7.29. The van der Waals surface area contributed by atoms with Crippen molar-refractivity contribution in [2.75, 3.05) is 0 Å². The van der Waals surface area contributed by atoms with Crippen molar-refractivity contribution in [2.45, 2.75) is 39.3 Å². The van der Waals surface area contributed by atoms with Crippen LogP contribution >= 0.6 is 0 Å². The van der Waals surface area contributed by atoms with Crippen LogP contribution < -0.4 is 5.56 Å². The highest BCUT2D eigenvalue weighted by Gasteiger charge is 2.30. The molecule has 6 nitrogen and oxygen atoms in total. The normalized spacial score (nSPS) is 11.9. The van der Waals surface area contributed by atoms with Gasteiger partial charge in [0.2, 0.25) is 0 Å². The lowest BCUT2D eigenvalue weighted by Crippen LogP contribution is -2.38. The van der Waals surface area contributed by atoms with Gasteiger partial charge in [0.15, 0.2) is 0 Å². The van der Waals surface area contributed by atoms with Gasteiger partial charge in [-0.25, -0.2) is 4.98 Å². The number of aryl methyl sites for hydroxylation is 1. The van der Waals surface area contributed by atoms with Gasteiger partial charge in [0, 0.05) is 5.56 Å². The molecule has 3 aromatic carbocycles. The second-order valence-electron chi connectivity index (χ2n) is 8.95. The molecule has 0 bridgehead atoms. The summed E-state index contributed by atoms with van der Waals surface area (Å²) in [4.78, 5) is 34.5. The van der Waals surface area contributed by atoms with Crippen LogP contribution in [0.5, 0.6) is 0 Å². The Hall–Kier alpha value is -4.45. The summed E-state index contributed by atoms with van der Waals surface area (Å²) in [6, 6.07) is 27.6. The summed E-state index contributed by atoms with van der Waals surface area (Å²) in [5, 5.41) is 0.535. The molecule has 5 rings (SSSR count). The summed E-state index contributed by atoms with van der Waals surface area (Å²) in [5.74, 6) is 1.02. The third kappa shape index (κ3) is 4.83. The van der Waals surface area contributed by atoms with Gasteiger partial charge in [-0.05, 0) is 66.9 Å². The zero-order valence-corrected chi connectivity index (χ0v) is 21.0. The van der Waals surface area contributed by atoms with Crippen molar-refractivity contribution in [1.29, 1.82) is 0 Å². The van der Waals surface area contributed by atoms with E-state index in [9.17, 15) is 9.59 Å². The van der Waals surface area contributed by atoms with Gasteiger partial charge in [-0.1, -0.05) is 56.3 Å². The number of amides is 1. The molecule has 0 aliphatic rings. The maximum Gasteiger partial charge on any atom is 0.266 e. The number of carbonyl (C=O) groups is 1. The molecule has 186 valence electrons. The fraction of sp³-hybridized carbons (Fsp3) is 0.194. The molecule has 1 unspecified atom stereocenters. The standard InChI is InChI=1S/C31H29N3O3/c1-3-22-16-18-24(19-17-22)34-29(32-27-15-9-8-14-26(27)31(34)36)28(4-2)33(21-25-13-10-20-37-25)30(35)23-11-6-5-7-12-23/h5-20,28H,3-4,21H2,1-2H3. The molecule has 0 saturated heterocycles. The molecule has 1 atom stereocenters. The molecular formula is C31H29N3O3. The molecule has 2 heterocycles. The third-order valence-corrected chi connectivity index (χ3v) is 6.65. The number of aromatic nitrogens is 2. The van der Waals surface area contributed by atoms with Crippen LogP contribution in [0.1, 0.15) is 53.8 Å². The Morgan fingerprint density at radius 1 is 0.919 bits per heavy atom. The van der Waals surface area contributed by atoms with Gasteiger partial charge >= 0.3 is 0 Å². The van der Waals surface area contributed by atoms with E-state index in [4.69, 9.17) is 9.40 Å². The Morgan fingerprint density at radius 3 is 2.32 bits per heavy atom. The maximum atomic E-state index is 13.9. The molecule has 0 aliphatic heterocycles. The number of para-hydroxylation sites is 1. The Kier molecular flexibility index (Phi) is 6.99. The fourth-order valence-electron chi connectivity index (χ4n) is 4.69. The third-order valence-electron chi connectivity index (χ3n) is 6.65. The first-order valence-corrected chi connectivity index (χ1v) is 12.6. The Morgan fingerprint density at radius 2 is 1.65 bits per heavy atom. The molecule has 0 spiro atoms. The zero-order valence-electron chi connectivity index (χ0n) is 21.0. The molecule has 6 heteroatoms. The Balaban J connectivity index is 1.72. The van der Waals surface area contributed by atoms with Crippen LogP contribution in [-0.4, -0.2) is 20.4 Å². The minimum absolute atomic E-state index is 0.154. The van der Waals surface area contributed by atoms with E-state index in [2.05, 4.69) is 6.92 Å².